The highest BCUT2D eigenvalue weighted by Crippen LogP contribution is 2.72. The minimum atomic E-state index is -2.24. The van der Waals surface area contributed by atoms with Crippen molar-refractivity contribution >= 4 is 17.3 Å². The fourth-order valence-electron chi connectivity index (χ4n) is 8.52. The third-order valence-corrected chi connectivity index (χ3v) is 10.5. The van der Waals surface area contributed by atoms with Gasteiger partial charge in [0.05, 0.1) is 18.8 Å². The average Bonchev–Trinajstić information content (AvgIpc) is 3.37. The molecule has 4 fully saturated rings. The maximum atomic E-state index is 17.5. The van der Waals surface area contributed by atoms with Gasteiger partial charge in [-0.05, 0) is 56.3 Å². The van der Waals surface area contributed by atoms with Crippen LogP contribution in [0.25, 0.3) is 0 Å². The minimum absolute atomic E-state index is 0.0305. The largest absolute Gasteiger partial charge is 0.390 e. The fraction of sp³-hybridized carbons (Fsp3) is 0.767. The van der Waals surface area contributed by atoms with Crippen LogP contribution in [-0.4, -0.2) is 71.6 Å². The van der Waals surface area contributed by atoms with Crippen molar-refractivity contribution in [2.45, 2.75) is 109 Å². The maximum absolute atomic E-state index is 17.5. The Morgan fingerprint density at radius 2 is 1.95 bits per heavy atom. The Balaban J connectivity index is 1.51. The Bertz CT molecular complexity index is 1100. The number of alkyl halides is 2. The van der Waals surface area contributed by atoms with Gasteiger partial charge < -0.3 is 19.3 Å². The Morgan fingerprint density at radius 3 is 2.64 bits per heavy atom. The van der Waals surface area contributed by atoms with E-state index in [9.17, 15) is 19.5 Å². The van der Waals surface area contributed by atoms with Gasteiger partial charge in [-0.3, -0.25) is 14.4 Å². The van der Waals surface area contributed by atoms with E-state index >= 15 is 8.78 Å². The second kappa shape index (κ2) is 9.93. The van der Waals surface area contributed by atoms with E-state index in [0.717, 1.165) is 6.42 Å². The Hall–Kier alpha value is -1.81. The van der Waals surface area contributed by atoms with Crippen LogP contribution in [0.15, 0.2) is 23.8 Å². The average molecular weight is 551 g/mol. The molecule has 0 bridgehead atoms. The molecule has 0 aromatic carbocycles. The first-order valence-electron chi connectivity index (χ1n) is 14.3. The number of fused-ring (bicyclic) bond motifs is 7. The fourth-order valence-corrected chi connectivity index (χ4v) is 8.52. The van der Waals surface area contributed by atoms with Crippen molar-refractivity contribution in [2.24, 2.45) is 22.7 Å². The Kier molecular flexibility index (Phi) is 7.31. The van der Waals surface area contributed by atoms with Crippen LogP contribution in [0.1, 0.15) is 72.6 Å². The molecule has 9 heteroatoms. The molecule has 5 rings (SSSR count). The molecule has 4 aliphatic carbocycles. The summed E-state index contributed by atoms with van der Waals surface area (Å²) < 4.78 is 51.5. The van der Waals surface area contributed by atoms with Crippen LogP contribution in [0.2, 0.25) is 0 Å². The molecule has 0 radical (unpaired) electrons. The van der Waals surface area contributed by atoms with Crippen LogP contribution < -0.4 is 0 Å². The van der Waals surface area contributed by atoms with Gasteiger partial charge in [0.1, 0.15) is 18.6 Å². The number of Topliss-reactive ketones (excluding diaryl/α,β-unsaturated/α-hetero) is 2. The van der Waals surface area contributed by atoms with Gasteiger partial charge in [-0.2, -0.15) is 0 Å². The highest BCUT2D eigenvalue weighted by atomic mass is 19.1. The SMILES string of the molecule is CCCC1O[C@@H]2C[C@H]3[C@@H]4C[C@H](F)C5=CC(=O)C=C[C@]5(C)[C@@]4(F)[C@@H](O)C[C@]3(C)[C@]2(C(=O)COCCC(=O)CC)O1. The van der Waals surface area contributed by atoms with E-state index in [1.165, 1.54) is 18.2 Å². The summed E-state index contributed by atoms with van der Waals surface area (Å²) in [4.78, 5) is 37.7. The second-order valence-electron chi connectivity index (χ2n) is 12.4. The van der Waals surface area contributed by atoms with Crippen LogP contribution in [-0.2, 0) is 28.6 Å². The van der Waals surface area contributed by atoms with Gasteiger partial charge in [0.2, 0.25) is 0 Å². The minimum Gasteiger partial charge on any atom is -0.390 e. The molecule has 1 aliphatic heterocycles. The Labute approximate surface area is 228 Å². The molecule has 1 unspecified atom stereocenters. The van der Waals surface area contributed by atoms with Gasteiger partial charge in [-0.1, -0.05) is 33.3 Å². The normalized spacial score (nSPS) is 46.2. The number of halogens is 2. The number of allylic oxidation sites excluding steroid dienone is 4. The number of aliphatic hydroxyl groups excluding tert-OH is 1. The summed E-state index contributed by atoms with van der Waals surface area (Å²) in [7, 11) is 0. The highest BCUT2D eigenvalue weighted by molar-refractivity contribution is 6.01. The smallest absolute Gasteiger partial charge is 0.193 e. The number of ether oxygens (including phenoxy) is 3. The van der Waals surface area contributed by atoms with Crippen LogP contribution in [0, 0.1) is 22.7 Å². The molecular weight excluding hydrogens is 510 g/mol. The van der Waals surface area contributed by atoms with Crippen molar-refractivity contribution < 1.29 is 42.5 Å². The molecule has 0 spiro atoms. The highest BCUT2D eigenvalue weighted by Gasteiger charge is 2.79. The molecule has 0 amide bonds. The van der Waals surface area contributed by atoms with E-state index in [1.54, 1.807) is 13.8 Å². The molecule has 39 heavy (non-hydrogen) atoms. The lowest BCUT2D eigenvalue weighted by Gasteiger charge is -2.63. The van der Waals surface area contributed by atoms with E-state index in [0.29, 0.717) is 12.8 Å². The van der Waals surface area contributed by atoms with E-state index in [2.05, 4.69) is 0 Å². The van der Waals surface area contributed by atoms with Gasteiger partial charge in [0.25, 0.3) is 0 Å². The number of hydrogen-bond acceptors (Lipinski definition) is 7. The third kappa shape index (κ3) is 3.90. The molecule has 10 atom stereocenters. The van der Waals surface area contributed by atoms with Crippen LogP contribution >= 0.6 is 0 Å². The summed E-state index contributed by atoms with van der Waals surface area (Å²) in [5.74, 6) is -2.18. The van der Waals surface area contributed by atoms with Gasteiger partial charge in [-0.15, -0.1) is 0 Å². The summed E-state index contributed by atoms with van der Waals surface area (Å²) in [5, 5.41) is 11.6. The zero-order chi connectivity index (χ0) is 28.4. The summed E-state index contributed by atoms with van der Waals surface area (Å²) >= 11 is 0. The van der Waals surface area contributed by atoms with Crippen molar-refractivity contribution in [3.8, 4) is 0 Å². The summed E-state index contributed by atoms with van der Waals surface area (Å²) in [5.41, 5.74) is -6.22. The number of carbonyl (C=O) groups is 3. The topological polar surface area (TPSA) is 99.1 Å². The Morgan fingerprint density at radius 1 is 1.21 bits per heavy atom. The monoisotopic (exact) mass is 550 g/mol. The molecule has 216 valence electrons. The van der Waals surface area contributed by atoms with E-state index in [1.807, 2.05) is 13.8 Å². The third-order valence-electron chi connectivity index (χ3n) is 10.5. The molecule has 0 aromatic heterocycles. The quantitative estimate of drug-likeness (QED) is 0.431. The van der Waals surface area contributed by atoms with Crippen LogP contribution in [0.5, 0.6) is 0 Å². The lowest BCUT2D eigenvalue weighted by Crippen LogP contribution is -2.71. The molecule has 1 saturated heterocycles. The van der Waals surface area contributed by atoms with Crippen molar-refractivity contribution in [3.63, 3.8) is 0 Å². The second-order valence-corrected chi connectivity index (χ2v) is 12.4. The van der Waals surface area contributed by atoms with E-state index in [-0.39, 0.29) is 56.0 Å². The number of hydrogen-bond donors (Lipinski definition) is 1. The predicted octanol–water partition coefficient (Wildman–Crippen LogP) is 4.15. The number of carbonyl (C=O) groups excluding carboxylic acids is 3. The van der Waals surface area contributed by atoms with E-state index in [4.69, 9.17) is 14.2 Å². The number of aliphatic hydroxyl groups is 1. The van der Waals surface area contributed by atoms with Gasteiger partial charge in [0, 0.05) is 29.6 Å². The molecule has 5 aliphatic rings. The van der Waals surface area contributed by atoms with Gasteiger partial charge in [0.15, 0.2) is 29.1 Å². The standard InChI is InChI=1S/C30H40F2O7/c1-5-7-26-38-25-14-19-20-13-22(31)21-12-18(34)8-10-27(21,3)29(20,32)23(35)15-28(19,4)30(25,39-26)24(36)16-37-11-9-17(33)6-2/h8,10,12,19-20,22-23,25-26,35H,5-7,9,11,13-16H2,1-4H3/t19-,20-,22-,23-,25+,26?,27-,28-,29-,30+/m0/s1. The van der Waals surface area contributed by atoms with Crippen LogP contribution in [0.3, 0.4) is 0 Å². The molecular formula is C30H40F2O7. The first-order valence-corrected chi connectivity index (χ1v) is 14.3. The van der Waals surface area contributed by atoms with Crippen molar-refractivity contribution in [2.75, 3.05) is 13.2 Å². The zero-order valence-corrected chi connectivity index (χ0v) is 23.2. The molecule has 3 saturated carbocycles. The molecule has 7 nitrogen and oxygen atoms in total. The van der Waals surface area contributed by atoms with Crippen molar-refractivity contribution in [1.82, 2.24) is 0 Å². The molecule has 0 aromatic rings. The first-order chi connectivity index (χ1) is 18.4. The zero-order valence-electron chi connectivity index (χ0n) is 23.2. The van der Waals surface area contributed by atoms with Crippen LogP contribution in [0.4, 0.5) is 8.78 Å². The first kappa shape index (κ1) is 28.7. The van der Waals surface area contributed by atoms with Crippen molar-refractivity contribution in [1.29, 1.82) is 0 Å². The maximum Gasteiger partial charge on any atom is 0.193 e. The summed E-state index contributed by atoms with van der Waals surface area (Å²) in [6, 6.07) is 0. The lowest BCUT2D eigenvalue weighted by molar-refractivity contribution is -0.235. The van der Waals surface area contributed by atoms with Crippen molar-refractivity contribution in [3.05, 3.63) is 23.8 Å². The van der Waals surface area contributed by atoms with Gasteiger partial charge in [-0.25, -0.2) is 8.78 Å². The predicted molar refractivity (Wildman–Crippen MR) is 137 cm³/mol. The number of ketones is 3. The summed E-state index contributed by atoms with van der Waals surface area (Å²) in [6.07, 6.45) is 1.29. The van der Waals surface area contributed by atoms with E-state index < -0.39 is 64.4 Å². The molecule has 1 N–H and O–H groups in total. The molecule has 1 heterocycles. The lowest BCUT2D eigenvalue weighted by atomic mass is 9.44. The number of rotatable bonds is 9. The summed E-state index contributed by atoms with van der Waals surface area (Å²) in [6.45, 7) is 6.92. The van der Waals surface area contributed by atoms with Gasteiger partial charge >= 0.3 is 0 Å².